The number of halogens is 4. The van der Waals surface area contributed by atoms with Gasteiger partial charge in [-0.1, -0.05) is 40.9 Å². The van der Waals surface area contributed by atoms with Crippen LogP contribution in [0.2, 0.25) is 15.1 Å². The highest BCUT2D eigenvalue weighted by atomic mass is 35.5. The van der Waals surface area contributed by atoms with Gasteiger partial charge in [0.1, 0.15) is 23.9 Å². The first kappa shape index (κ1) is 22.2. The van der Waals surface area contributed by atoms with Crippen LogP contribution in [0.5, 0.6) is 5.75 Å². The number of nitrogens with zero attached hydrogens (tertiary/aromatic N) is 2. The van der Waals surface area contributed by atoms with E-state index in [1.807, 2.05) is 6.07 Å². The van der Waals surface area contributed by atoms with Gasteiger partial charge in [-0.15, -0.1) is 0 Å². The Morgan fingerprint density at radius 2 is 1.91 bits per heavy atom. The second kappa shape index (κ2) is 9.65. The lowest BCUT2D eigenvalue weighted by molar-refractivity contribution is 0.0992. The quantitative estimate of drug-likeness (QED) is 0.320. The second-order valence-electron chi connectivity index (χ2n) is 6.72. The summed E-state index contributed by atoms with van der Waals surface area (Å²) in [5, 5.41) is 8.21. The van der Waals surface area contributed by atoms with E-state index in [1.54, 1.807) is 35.1 Å². The summed E-state index contributed by atoms with van der Waals surface area (Å²) < 4.78 is 25.8. The van der Waals surface area contributed by atoms with E-state index in [-0.39, 0.29) is 17.4 Å². The highest BCUT2D eigenvalue weighted by molar-refractivity contribution is 6.35. The monoisotopic (exact) mass is 493 g/mol. The zero-order valence-corrected chi connectivity index (χ0v) is 18.6. The second-order valence-corrected chi connectivity index (χ2v) is 7.97. The molecule has 0 saturated heterocycles. The number of carbonyl (C=O) groups is 1. The molecule has 0 unspecified atom stereocenters. The van der Waals surface area contributed by atoms with E-state index >= 15 is 0 Å². The molecule has 0 aliphatic carbocycles. The molecule has 0 radical (unpaired) electrons. The van der Waals surface area contributed by atoms with E-state index in [0.29, 0.717) is 33.9 Å². The van der Waals surface area contributed by atoms with Gasteiger partial charge in [0.05, 0.1) is 11.6 Å². The van der Waals surface area contributed by atoms with E-state index < -0.39 is 11.7 Å². The third-order valence-electron chi connectivity index (χ3n) is 4.38. The molecule has 10 heteroatoms. The Hall–Kier alpha value is -3.00. The first-order valence-electron chi connectivity index (χ1n) is 9.33. The van der Waals surface area contributed by atoms with Crippen LogP contribution in [-0.4, -0.2) is 15.7 Å². The third kappa shape index (κ3) is 5.43. The van der Waals surface area contributed by atoms with Crippen LogP contribution in [0.1, 0.15) is 21.9 Å². The van der Waals surface area contributed by atoms with Crippen LogP contribution >= 0.6 is 34.8 Å². The smallest absolute Gasteiger partial charge is 0.292 e. The number of benzene rings is 2. The number of rotatable bonds is 7. The van der Waals surface area contributed by atoms with E-state index in [1.165, 1.54) is 18.2 Å². The highest BCUT2D eigenvalue weighted by Crippen LogP contribution is 2.26. The first-order valence-corrected chi connectivity index (χ1v) is 10.5. The average Bonchev–Trinajstić information content (AvgIpc) is 3.39. The maximum atomic E-state index is 13.1. The SMILES string of the molecule is O=C(Nc1ccn(Cc2ccc(Cl)cc2Cl)n1)c1ccc(COc2ccc(F)cc2Cl)o1. The molecule has 4 rings (SSSR count). The van der Waals surface area contributed by atoms with Gasteiger partial charge in [-0.05, 0) is 48.0 Å². The van der Waals surface area contributed by atoms with Gasteiger partial charge in [-0.25, -0.2) is 4.39 Å². The van der Waals surface area contributed by atoms with Crippen molar-refractivity contribution in [3.63, 3.8) is 0 Å². The molecule has 0 saturated carbocycles. The minimum absolute atomic E-state index is 0.0229. The molecule has 0 aliphatic rings. The van der Waals surface area contributed by atoms with Crippen LogP contribution in [0, 0.1) is 5.82 Å². The van der Waals surface area contributed by atoms with E-state index in [2.05, 4.69) is 10.4 Å². The summed E-state index contributed by atoms with van der Waals surface area (Å²) in [6.45, 7) is 0.440. The first-order chi connectivity index (χ1) is 15.4. The maximum Gasteiger partial charge on any atom is 0.292 e. The third-order valence-corrected chi connectivity index (χ3v) is 5.26. The van der Waals surface area contributed by atoms with Gasteiger partial charge in [0, 0.05) is 22.3 Å². The molecule has 2 aromatic heterocycles. The predicted molar refractivity (Wildman–Crippen MR) is 120 cm³/mol. The van der Waals surface area contributed by atoms with Crippen molar-refractivity contribution in [1.82, 2.24) is 9.78 Å². The van der Waals surface area contributed by atoms with Crippen molar-refractivity contribution in [3.05, 3.63) is 98.8 Å². The fourth-order valence-electron chi connectivity index (χ4n) is 2.84. The molecular formula is C22H15Cl3FN3O3. The lowest BCUT2D eigenvalue weighted by Crippen LogP contribution is -2.12. The molecule has 0 spiro atoms. The van der Waals surface area contributed by atoms with Gasteiger partial charge in [0.25, 0.3) is 5.91 Å². The minimum Gasteiger partial charge on any atom is -0.484 e. The van der Waals surface area contributed by atoms with E-state index in [0.717, 1.165) is 11.6 Å². The Kier molecular flexibility index (Phi) is 6.69. The molecule has 0 atom stereocenters. The largest absolute Gasteiger partial charge is 0.484 e. The summed E-state index contributed by atoms with van der Waals surface area (Å²) in [5.74, 6) is 0.223. The summed E-state index contributed by atoms with van der Waals surface area (Å²) in [6.07, 6.45) is 1.72. The van der Waals surface area contributed by atoms with Crippen molar-refractivity contribution in [2.45, 2.75) is 13.2 Å². The maximum absolute atomic E-state index is 13.1. The van der Waals surface area contributed by atoms with Crippen LogP contribution in [0.25, 0.3) is 0 Å². The molecule has 6 nitrogen and oxygen atoms in total. The predicted octanol–water partition coefficient (Wildman–Crippen LogP) is 6.46. The Labute approximate surface area is 197 Å². The molecule has 2 heterocycles. The number of hydrogen-bond donors (Lipinski definition) is 1. The van der Waals surface area contributed by atoms with Crippen molar-refractivity contribution in [2.24, 2.45) is 0 Å². The van der Waals surface area contributed by atoms with Crippen molar-refractivity contribution >= 4 is 46.5 Å². The van der Waals surface area contributed by atoms with Crippen LogP contribution in [0.4, 0.5) is 10.2 Å². The number of anilines is 1. The fourth-order valence-corrected chi connectivity index (χ4v) is 3.53. The Morgan fingerprint density at radius 1 is 1.06 bits per heavy atom. The number of carbonyl (C=O) groups excluding carboxylic acids is 1. The summed E-state index contributed by atoms with van der Waals surface area (Å²) in [4.78, 5) is 12.5. The van der Waals surface area contributed by atoms with Gasteiger partial charge >= 0.3 is 0 Å². The van der Waals surface area contributed by atoms with Crippen molar-refractivity contribution < 1.29 is 18.3 Å². The molecule has 4 aromatic rings. The normalized spacial score (nSPS) is 10.9. The zero-order chi connectivity index (χ0) is 22.7. The molecule has 164 valence electrons. The van der Waals surface area contributed by atoms with Gasteiger partial charge in [0.2, 0.25) is 0 Å². The summed E-state index contributed by atoms with van der Waals surface area (Å²) in [6, 6.07) is 13.8. The molecule has 0 fully saturated rings. The highest BCUT2D eigenvalue weighted by Gasteiger charge is 2.14. The molecule has 32 heavy (non-hydrogen) atoms. The molecule has 1 amide bonds. The van der Waals surface area contributed by atoms with Crippen LogP contribution in [-0.2, 0) is 13.2 Å². The van der Waals surface area contributed by atoms with Gasteiger partial charge in [-0.2, -0.15) is 5.10 Å². The van der Waals surface area contributed by atoms with Gasteiger partial charge in [-0.3, -0.25) is 9.48 Å². The number of furan rings is 1. The standard InChI is InChI=1S/C22H15Cl3FN3O3/c23-14-2-1-13(17(24)9-14)11-29-8-7-21(28-29)27-22(30)20-6-4-16(32-20)12-31-19-5-3-15(26)10-18(19)25/h1-10H,11-12H2,(H,27,28,30). The topological polar surface area (TPSA) is 69.3 Å². The molecule has 0 aliphatic heterocycles. The fraction of sp³-hybridized carbons (Fsp3) is 0.0909. The molecule has 0 bridgehead atoms. The number of nitrogens with one attached hydrogen (secondary N) is 1. The Bertz CT molecular complexity index is 1270. The van der Waals surface area contributed by atoms with Crippen molar-refractivity contribution in [1.29, 1.82) is 0 Å². The van der Waals surface area contributed by atoms with E-state index in [4.69, 9.17) is 44.0 Å². The van der Waals surface area contributed by atoms with Crippen LogP contribution < -0.4 is 10.1 Å². The van der Waals surface area contributed by atoms with Gasteiger partial charge in [0.15, 0.2) is 11.6 Å². The number of aromatic nitrogens is 2. The minimum atomic E-state index is -0.467. The zero-order valence-electron chi connectivity index (χ0n) is 16.3. The summed E-state index contributed by atoms with van der Waals surface area (Å²) in [5.41, 5.74) is 0.842. The summed E-state index contributed by atoms with van der Waals surface area (Å²) >= 11 is 18.0. The van der Waals surface area contributed by atoms with Crippen molar-refractivity contribution in [2.75, 3.05) is 5.32 Å². The average molecular weight is 495 g/mol. The number of ether oxygens (including phenoxy) is 1. The Morgan fingerprint density at radius 3 is 2.69 bits per heavy atom. The van der Waals surface area contributed by atoms with Crippen LogP contribution in [0.3, 0.4) is 0 Å². The lowest BCUT2D eigenvalue weighted by atomic mass is 10.2. The van der Waals surface area contributed by atoms with Crippen molar-refractivity contribution in [3.8, 4) is 5.75 Å². The molecule has 1 N–H and O–H groups in total. The van der Waals surface area contributed by atoms with E-state index in [9.17, 15) is 9.18 Å². The number of amides is 1. The summed E-state index contributed by atoms with van der Waals surface area (Å²) in [7, 11) is 0. The lowest BCUT2D eigenvalue weighted by Gasteiger charge is -2.06. The Balaban J connectivity index is 1.35. The van der Waals surface area contributed by atoms with Gasteiger partial charge < -0.3 is 14.5 Å². The number of hydrogen-bond acceptors (Lipinski definition) is 4. The van der Waals surface area contributed by atoms with Crippen LogP contribution in [0.15, 0.2) is 65.2 Å². The molecule has 2 aromatic carbocycles. The molecular weight excluding hydrogens is 480 g/mol.